The standard InChI is InChI=1S/C21H24F3N5O3/c1-12(20(2,3)31)27-19(30)17-9-16(28-18(29-17)14(10-25)11-26-4)13-5-7-15(8-6-13)32-21(22,23)24/h5-12,25-26,31H,1-4H3,(H,27,30)/b14-11+,25-10?/t12-/m0/s1. The fourth-order valence-corrected chi connectivity index (χ4v) is 2.44. The molecule has 0 aliphatic carbocycles. The summed E-state index contributed by atoms with van der Waals surface area (Å²) < 4.78 is 41.1. The zero-order valence-corrected chi connectivity index (χ0v) is 17.9. The third-order valence-electron chi connectivity index (χ3n) is 4.46. The number of aliphatic hydroxyl groups is 1. The van der Waals surface area contributed by atoms with E-state index in [2.05, 4.69) is 25.3 Å². The summed E-state index contributed by atoms with van der Waals surface area (Å²) in [5.41, 5.74) is -0.300. The van der Waals surface area contributed by atoms with Gasteiger partial charge in [0.15, 0.2) is 5.82 Å². The molecule has 0 radical (unpaired) electrons. The van der Waals surface area contributed by atoms with Crippen LogP contribution in [-0.2, 0) is 0 Å². The highest BCUT2D eigenvalue weighted by Gasteiger charge is 2.31. The van der Waals surface area contributed by atoms with Crippen LogP contribution < -0.4 is 15.4 Å². The second kappa shape index (κ2) is 9.77. The van der Waals surface area contributed by atoms with E-state index in [1.807, 2.05) is 0 Å². The lowest BCUT2D eigenvalue weighted by molar-refractivity contribution is -0.274. The third-order valence-corrected chi connectivity index (χ3v) is 4.46. The van der Waals surface area contributed by atoms with Gasteiger partial charge in [0.2, 0.25) is 0 Å². The van der Waals surface area contributed by atoms with E-state index in [1.54, 1.807) is 27.8 Å². The van der Waals surface area contributed by atoms with Gasteiger partial charge in [-0.15, -0.1) is 13.2 Å². The van der Waals surface area contributed by atoms with E-state index in [0.29, 0.717) is 5.56 Å². The van der Waals surface area contributed by atoms with Crippen molar-refractivity contribution in [3.05, 3.63) is 48.1 Å². The highest BCUT2D eigenvalue weighted by molar-refractivity contribution is 6.07. The van der Waals surface area contributed by atoms with Crippen LogP contribution in [0, 0.1) is 5.41 Å². The van der Waals surface area contributed by atoms with Gasteiger partial charge in [0.1, 0.15) is 11.4 Å². The largest absolute Gasteiger partial charge is 0.573 e. The van der Waals surface area contributed by atoms with Crippen LogP contribution >= 0.6 is 0 Å². The number of nitrogens with one attached hydrogen (secondary N) is 3. The number of rotatable bonds is 8. The molecule has 1 heterocycles. The summed E-state index contributed by atoms with van der Waals surface area (Å²) in [6.07, 6.45) is -2.35. The summed E-state index contributed by atoms with van der Waals surface area (Å²) in [5.74, 6) is -0.929. The molecule has 0 aliphatic heterocycles. The molecule has 0 fully saturated rings. The first-order chi connectivity index (χ1) is 14.8. The number of alkyl halides is 3. The van der Waals surface area contributed by atoms with E-state index in [-0.39, 0.29) is 22.8 Å². The molecule has 2 rings (SSSR count). The predicted molar refractivity (Wildman–Crippen MR) is 113 cm³/mol. The van der Waals surface area contributed by atoms with E-state index in [4.69, 9.17) is 5.41 Å². The van der Waals surface area contributed by atoms with Gasteiger partial charge in [0, 0.05) is 25.0 Å². The van der Waals surface area contributed by atoms with E-state index in [9.17, 15) is 23.1 Å². The van der Waals surface area contributed by atoms with Crippen molar-refractivity contribution in [2.45, 2.75) is 38.8 Å². The second-order valence-corrected chi connectivity index (χ2v) is 7.42. The van der Waals surface area contributed by atoms with Crippen LogP contribution in [0.15, 0.2) is 36.5 Å². The van der Waals surface area contributed by atoms with Crippen LogP contribution in [-0.4, -0.2) is 52.2 Å². The van der Waals surface area contributed by atoms with E-state index >= 15 is 0 Å². The number of amides is 1. The minimum Gasteiger partial charge on any atom is -0.406 e. The molecular formula is C21H24F3N5O3. The van der Waals surface area contributed by atoms with E-state index in [0.717, 1.165) is 18.3 Å². The molecule has 0 saturated carbocycles. The first kappa shape index (κ1) is 24.8. The molecule has 32 heavy (non-hydrogen) atoms. The normalized spacial score (nSPS) is 13.3. The molecule has 0 spiro atoms. The summed E-state index contributed by atoms with van der Waals surface area (Å²) in [6.45, 7) is 4.72. The number of halogens is 3. The van der Waals surface area contributed by atoms with Gasteiger partial charge < -0.3 is 25.9 Å². The Hall–Kier alpha value is -3.47. The maximum Gasteiger partial charge on any atom is 0.573 e. The Bertz CT molecular complexity index is 999. The number of carbonyl (C=O) groups is 1. The zero-order chi connectivity index (χ0) is 24.1. The molecule has 1 atom stereocenters. The first-order valence-corrected chi connectivity index (χ1v) is 9.51. The number of benzene rings is 1. The van der Waals surface area contributed by atoms with Crippen LogP contribution in [0.5, 0.6) is 5.75 Å². The summed E-state index contributed by atoms with van der Waals surface area (Å²) in [6, 6.07) is 5.74. The zero-order valence-electron chi connectivity index (χ0n) is 17.9. The number of aromatic nitrogens is 2. The van der Waals surface area contributed by atoms with Gasteiger partial charge in [-0.3, -0.25) is 4.79 Å². The van der Waals surface area contributed by atoms with Crippen molar-refractivity contribution in [1.82, 2.24) is 20.6 Å². The number of hydrogen-bond acceptors (Lipinski definition) is 7. The Balaban J connectivity index is 2.50. The van der Waals surface area contributed by atoms with E-state index < -0.39 is 29.7 Å². The summed E-state index contributed by atoms with van der Waals surface area (Å²) in [7, 11) is 1.62. The Morgan fingerprint density at radius 2 is 1.84 bits per heavy atom. The smallest absolute Gasteiger partial charge is 0.406 e. The molecule has 2 aromatic rings. The number of carbonyl (C=O) groups excluding carboxylic acids is 1. The van der Waals surface area contributed by atoms with Crippen molar-refractivity contribution in [1.29, 1.82) is 5.41 Å². The van der Waals surface area contributed by atoms with Crippen molar-refractivity contribution < 1.29 is 27.8 Å². The molecule has 172 valence electrons. The van der Waals surface area contributed by atoms with Gasteiger partial charge in [-0.2, -0.15) is 0 Å². The quantitative estimate of drug-likeness (QED) is 0.458. The van der Waals surface area contributed by atoms with Gasteiger partial charge in [-0.25, -0.2) is 9.97 Å². The fourth-order valence-electron chi connectivity index (χ4n) is 2.44. The maximum absolute atomic E-state index is 12.8. The highest BCUT2D eigenvalue weighted by Crippen LogP contribution is 2.26. The molecule has 0 saturated heterocycles. The highest BCUT2D eigenvalue weighted by atomic mass is 19.4. The fraction of sp³-hybridized carbons (Fsp3) is 0.333. The average Bonchev–Trinajstić information content (AvgIpc) is 2.70. The number of nitrogens with zero attached hydrogens (tertiary/aromatic N) is 2. The molecule has 1 amide bonds. The number of hydrogen-bond donors (Lipinski definition) is 4. The average molecular weight is 451 g/mol. The topological polar surface area (TPSA) is 120 Å². The molecule has 0 unspecified atom stereocenters. The van der Waals surface area contributed by atoms with Crippen LogP contribution in [0.1, 0.15) is 37.1 Å². The molecule has 8 nitrogen and oxygen atoms in total. The van der Waals surface area contributed by atoms with Crippen LogP contribution in [0.3, 0.4) is 0 Å². The Labute approximate surface area is 183 Å². The van der Waals surface area contributed by atoms with Crippen LogP contribution in [0.25, 0.3) is 16.8 Å². The monoisotopic (exact) mass is 451 g/mol. The Kier molecular flexibility index (Phi) is 7.57. The second-order valence-electron chi connectivity index (χ2n) is 7.42. The lowest BCUT2D eigenvalue weighted by Gasteiger charge is -2.26. The molecule has 0 bridgehead atoms. The molecule has 11 heteroatoms. The van der Waals surface area contributed by atoms with Crippen molar-refractivity contribution in [2.24, 2.45) is 0 Å². The maximum atomic E-state index is 12.8. The molecular weight excluding hydrogens is 427 g/mol. The van der Waals surface area contributed by atoms with Crippen molar-refractivity contribution in [2.75, 3.05) is 7.05 Å². The van der Waals surface area contributed by atoms with Gasteiger partial charge in [-0.1, -0.05) is 0 Å². The summed E-state index contributed by atoms with van der Waals surface area (Å²) in [5, 5.41) is 23.1. The van der Waals surface area contributed by atoms with Gasteiger partial charge in [-0.05, 0) is 51.1 Å². The van der Waals surface area contributed by atoms with Crippen LogP contribution in [0.4, 0.5) is 13.2 Å². The third kappa shape index (κ3) is 6.77. The lowest BCUT2D eigenvalue weighted by Crippen LogP contribution is -2.47. The van der Waals surface area contributed by atoms with Crippen molar-refractivity contribution in [3.8, 4) is 17.0 Å². The van der Waals surface area contributed by atoms with Crippen LogP contribution in [0.2, 0.25) is 0 Å². The number of ether oxygens (including phenoxy) is 1. The SMILES string of the molecule is CN/C=C(\C=N)c1nc(C(=O)N[C@@H](C)C(C)(C)O)cc(-c2ccc(OC(F)(F)F)cc2)n1. The van der Waals surface area contributed by atoms with Crippen molar-refractivity contribution in [3.63, 3.8) is 0 Å². The van der Waals surface area contributed by atoms with E-state index in [1.165, 1.54) is 24.4 Å². The predicted octanol–water partition coefficient (Wildman–Crippen LogP) is 3.14. The Morgan fingerprint density at radius 1 is 1.22 bits per heavy atom. The van der Waals surface area contributed by atoms with Gasteiger partial charge in [0.05, 0.1) is 22.9 Å². The van der Waals surface area contributed by atoms with Gasteiger partial charge >= 0.3 is 6.36 Å². The summed E-state index contributed by atoms with van der Waals surface area (Å²) in [4.78, 5) is 21.3. The molecule has 1 aromatic carbocycles. The van der Waals surface area contributed by atoms with Gasteiger partial charge in [0.25, 0.3) is 5.91 Å². The molecule has 1 aromatic heterocycles. The lowest BCUT2D eigenvalue weighted by atomic mass is 10.0. The molecule has 0 aliphatic rings. The minimum absolute atomic E-state index is 0.0411. The summed E-state index contributed by atoms with van der Waals surface area (Å²) >= 11 is 0. The first-order valence-electron chi connectivity index (χ1n) is 9.51. The van der Waals surface area contributed by atoms with Crippen molar-refractivity contribution >= 4 is 17.7 Å². The minimum atomic E-state index is -4.82. The number of allylic oxidation sites excluding steroid dienone is 1. The molecule has 4 N–H and O–H groups in total. The Morgan fingerprint density at radius 3 is 2.34 bits per heavy atom.